The number of amides is 1. The Hall–Kier alpha value is -2.66. The SMILES string of the molecule is Cc1cc(C(=O)O)cc(C(=O)N2CCC(C(O)c3ccccc3)CC2)c1. The summed E-state index contributed by atoms with van der Waals surface area (Å²) in [4.78, 5) is 25.7. The fourth-order valence-corrected chi connectivity index (χ4v) is 3.55. The normalized spacial score (nSPS) is 16.3. The van der Waals surface area contributed by atoms with E-state index in [1.807, 2.05) is 30.3 Å². The first-order valence-electron chi connectivity index (χ1n) is 8.83. The first kappa shape index (κ1) is 18.1. The van der Waals surface area contributed by atoms with Gasteiger partial charge in [-0.15, -0.1) is 0 Å². The Kier molecular flexibility index (Phi) is 5.38. The van der Waals surface area contributed by atoms with Crippen molar-refractivity contribution in [2.75, 3.05) is 13.1 Å². The zero-order valence-corrected chi connectivity index (χ0v) is 14.8. The van der Waals surface area contributed by atoms with E-state index in [0.29, 0.717) is 18.7 Å². The van der Waals surface area contributed by atoms with Gasteiger partial charge < -0.3 is 15.1 Å². The lowest BCUT2D eigenvalue weighted by molar-refractivity contribution is 0.0462. The molecule has 1 aliphatic heterocycles. The zero-order chi connectivity index (χ0) is 18.7. The number of aliphatic hydroxyl groups excluding tert-OH is 1. The number of carbonyl (C=O) groups excluding carboxylic acids is 1. The summed E-state index contributed by atoms with van der Waals surface area (Å²) in [5.41, 5.74) is 2.19. The van der Waals surface area contributed by atoms with Gasteiger partial charge in [0, 0.05) is 18.7 Å². The fraction of sp³-hybridized carbons (Fsp3) is 0.333. The van der Waals surface area contributed by atoms with Crippen LogP contribution in [0, 0.1) is 12.8 Å². The number of benzene rings is 2. The van der Waals surface area contributed by atoms with Crippen molar-refractivity contribution >= 4 is 11.9 Å². The van der Waals surface area contributed by atoms with Gasteiger partial charge in [0.25, 0.3) is 5.91 Å². The second-order valence-electron chi connectivity index (χ2n) is 6.88. The minimum Gasteiger partial charge on any atom is -0.478 e. The third-order valence-corrected chi connectivity index (χ3v) is 4.99. The molecule has 2 N–H and O–H groups in total. The lowest BCUT2D eigenvalue weighted by atomic mass is 9.87. The summed E-state index contributed by atoms with van der Waals surface area (Å²) in [6, 6.07) is 14.3. The fourth-order valence-electron chi connectivity index (χ4n) is 3.55. The van der Waals surface area contributed by atoms with Gasteiger partial charge in [-0.3, -0.25) is 4.79 Å². The molecule has 0 saturated carbocycles. The number of rotatable bonds is 4. The van der Waals surface area contributed by atoms with Gasteiger partial charge in [0.1, 0.15) is 0 Å². The van der Waals surface area contributed by atoms with E-state index in [4.69, 9.17) is 0 Å². The third-order valence-electron chi connectivity index (χ3n) is 4.99. The van der Waals surface area contributed by atoms with Crippen molar-refractivity contribution in [3.8, 4) is 0 Å². The Morgan fingerprint density at radius 1 is 1.04 bits per heavy atom. The highest BCUT2D eigenvalue weighted by molar-refractivity contribution is 5.97. The average molecular weight is 353 g/mol. The van der Waals surface area contributed by atoms with E-state index in [-0.39, 0.29) is 17.4 Å². The van der Waals surface area contributed by atoms with Gasteiger partial charge >= 0.3 is 5.97 Å². The van der Waals surface area contributed by atoms with Crippen molar-refractivity contribution < 1.29 is 19.8 Å². The molecule has 1 unspecified atom stereocenters. The monoisotopic (exact) mass is 353 g/mol. The third kappa shape index (κ3) is 3.94. The average Bonchev–Trinajstić information content (AvgIpc) is 2.67. The zero-order valence-electron chi connectivity index (χ0n) is 14.8. The number of carboxylic acid groups (broad SMARTS) is 1. The maximum absolute atomic E-state index is 12.7. The molecule has 5 heteroatoms. The summed E-state index contributed by atoms with van der Waals surface area (Å²) in [5.74, 6) is -1.06. The summed E-state index contributed by atoms with van der Waals surface area (Å²) in [5, 5.41) is 19.7. The number of piperidine rings is 1. The van der Waals surface area contributed by atoms with Crippen LogP contribution in [0.4, 0.5) is 0 Å². The molecule has 1 atom stereocenters. The van der Waals surface area contributed by atoms with Crippen molar-refractivity contribution in [1.29, 1.82) is 0 Å². The van der Waals surface area contributed by atoms with Crippen molar-refractivity contribution in [2.24, 2.45) is 5.92 Å². The number of aromatic carboxylic acids is 1. The van der Waals surface area contributed by atoms with Gasteiger partial charge in [-0.25, -0.2) is 4.79 Å². The molecular formula is C21H23NO4. The number of likely N-dealkylation sites (tertiary alicyclic amines) is 1. The maximum atomic E-state index is 12.7. The van der Waals surface area contributed by atoms with E-state index in [9.17, 15) is 19.8 Å². The molecule has 0 spiro atoms. The highest BCUT2D eigenvalue weighted by Gasteiger charge is 2.29. The molecule has 1 heterocycles. The predicted octanol–water partition coefficient (Wildman–Crippen LogP) is 3.28. The number of aryl methyl sites for hydroxylation is 1. The molecular weight excluding hydrogens is 330 g/mol. The number of carbonyl (C=O) groups is 2. The second-order valence-corrected chi connectivity index (χ2v) is 6.88. The molecule has 1 saturated heterocycles. The molecule has 26 heavy (non-hydrogen) atoms. The molecule has 0 aliphatic carbocycles. The Labute approximate surface area is 152 Å². The number of aliphatic hydroxyl groups is 1. The largest absolute Gasteiger partial charge is 0.478 e. The van der Waals surface area contributed by atoms with Crippen LogP contribution in [-0.4, -0.2) is 40.1 Å². The number of hydrogen-bond acceptors (Lipinski definition) is 3. The topological polar surface area (TPSA) is 77.8 Å². The molecule has 0 radical (unpaired) electrons. The molecule has 1 fully saturated rings. The van der Waals surface area contributed by atoms with Crippen LogP contribution in [-0.2, 0) is 0 Å². The Balaban J connectivity index is 1.66. The number of hydrogen-bond donors (Lipinski definition) is 2. The molecule has 1 amide bonds. The predicted molar refractivity (Wildman–Crippen MR) is 98.2 cm³/mol. The molecule has 2 aromatic rings. The molecule has 0 aromatic heterocycles. The van der Waals surface area contributed by atoms with Crippen molar-refractivity contribution in [1.82, 2.24) is 4.90 Å². The van der Waals surface area contributed by atoms with Gasteiger partial charge in [0.05, 0.1) is 11.7 Å². The summed E-state index contributed by atoms with van der Waals surface area (Å²) in [6.45, 7) is 2.90. The smallest absolute Gasteiger partial charge is 0.335 e. The summed E-state index contributed by atoms with van der Waals surface area (Å²) in [6.07, 6.45) is 0.921. The Morgan fingerprint density at radius 2 is 1.65 bits per heavy atom. The van der Waals surface area contributed by atoms with Gasteiger partial charge in [0.15, 0.2) is 0 Å². The molecule has 2 aromatic carbocycles. The lowest BCUT2D eigenvalue weighted by Crippen LogP contribution is -2.39. The molecule has 3 rings (SSSR count). The van der Waals surface area contributed by atoms with Crippen LogP contribution < -0.4 is 0 Å². The molecule has 136 valence electrons. The van der Waals surface area contributed by atoms with Gasteiger partial charge in [0.2, 0.25) is 0 Å². The second kappa shape index (κ2) is 7.70. The van der Waals surface area contributed by atoms with E-state index < -0.39 is 12.1 Å². The van der Waals surface area contributed by atoms with Gasteiger partial charge in [-0.2, -0.15) is 0 Å². The quantitative estimate of drug-likeness (QED) is 0.884. The van der Waals surface area contributed by atoms with Crippen LogP contribution in [0.3, 0.4) is 0 Å². The van der Waals surface area contributed by atoms with Crippen LogP contribution in [0.2, 0.25) is 0 Å². The molecule has 1 aliphatic rings. The first-order chi connectivity index (χ1) is 12.5. The summed E-state index contributed by atoms with van der Waals surface area (Å²) in [7, 11) is 0. The van der Waals surface area contributed by atoms with Crippen molar-refractivity contribution in [2.45, 2.75) is 25.9 Å². The maximum Gasteiger partial charge on any atom is 0.335 e. The van der Waals surface area contributed by atoms with Crippen LogP contribution in [0.5, 0.6) is 0 Å². The van der Waals surface area contributed by atoms with Crippen LogP contribution in [0.15, 0.2) is 48.5 Å². The first-order valence-corrected chi connectivity index (χ1v) is 8.83. The molecule has 0 bridgehead atoms. The number of nitrogens with zero attached hydrogens (tertiary/aromatic N) is 1. The van der Waals surface area contributed by atoms with E-state index in [0.717, 1.165) is 24.0 Å². The van der Waals surface area contributed by atoms with Crippen LogP contribution in [0.1, 0.15) is 50.8 Å². The van der Waals surface area contributed by atoms with E-state index in [1.165, 1.54) is 6.07 Å². The van der Waals surface area contributed by atoms with Gasteiger partial charge in [-0.1, -0.05) is 30.3 Å². The Morgan fingerprint density at radius 3 is 2.27 bits per heavy atom. The van der Waals surface area contributed by atoms with E-state index >= 15 is 0 Å². The number of carboxylic acids is 1. The molecule has 5 nitrogen and oxygen atoms in total. The lowest BCUT2D eigenvalue weighted by Gasteiger charge is -2.34. The van der Waals surface area contributed by atoms with Crippen LogP contribution >= 0.6 is 0 Å². The van der Waals surface area contributed by atoms with E-state index in [2.05, 4.69) is 0 Å². The van der Waals surface area contributed by atoms with E-state index in [1.54, 1.807) is 24.0 Å². The Bertz CT molecular complexity index is 795. The van der Waals surface area contributed by atoms with Gasteiger partial charge in [-0.05, 0) is 55.0 Å². The summed E-state index contributed by atoms with van der Waals surface area (Å²) >= 11 is 0. The minimum absolute atomic E-state index is 0.119. The highest BCUT2D eigenvalue weighted by Crippen LogP contribution is 2.31. The summed E-state index contributed by atoms with van der Waals surface area (Å²) < 4.78 is 0. The van der Waals surface area contributed by atoms with Crippen LogP contribution in [0.25, 0.3) is 0 Å². The highest BCUT2D eigenvalue weighted by atomic mass is 16.4. The minimum atomic E-state index is -1.03. The van der Waals surface area contributed by atoms with Crippen molar-refractivity contribution in [3.63, 3.8) is 0 Å². The van der Waals surface area contributed by atoms with Crippen molar-refractivity contribution in [3.05, 3.63) is 70.8 Å². The standard InChI is InChI=1S/C21H23NO4/c1-14-11-17(13-18(12-14)21(25)26)20(24)22-9-7-16(8-10-22)19(23)15-5-3-2-4-6-15/h2-6,11-13,16,19,23H,7-10H2,1H3,(H,25,26).